The van der Waals surface area contributed by atoms with Gasteiger partial charge >= 0.3 is 0 Å². The van der Waals surface area contributed by atoms with Gasteiger partial charge in [-0.25, -0.2) is 0 Å². The molecule has 0 bridgehead atoms. The number of aromatic nitrogens is 3. The minimum Gasteiger partial charge on any atom is -0.497 e. The van der Waals surface area contributed by atoms with Crippen LogP contribution in [0.25, 0.3) is 11.4 Å². The highest BCUT2D eigenvalue weighted by Gasteiger charge is 2.11. The number of hydrogen-bond acceptors (Lipinski definition) is 5. The van der Waals surface area contributed by atoms with Gasteiger partial charge in [-0.1, -0.05) is 41.1 Å². The van der Waals surface area contributed by atoms with Gasteiger partial charge in [-0.15, -0.1) is 0 Å². The fraction of sp³-hybridized carbons (Fsp3) is 0.200. The first-order valence-corrected chi connectivity index (χ1v) is 10.4. The molecule has 2 aromatic carbocycles. The van der Waals surface area contributed by atoms with Crippen LogP contribution in [0.3, 0.4) is 0 Å². The lowest BCUT2D eigenvalue weighted by Gasteiger charge is -2.07. The molecule has 4 aromatic rings. The number of carbonyl (C=O) groups excluding carboxylic acids is 1. The molecule has 0 saturated heterocycles. The van der Waals surface area contributed by atoms with Crippen molar-refractivity contribution < 1.29 is 14.1 Å². The second kappa shape index (κ2) is 9.87. The van der Waals surface area contributed by atoms with Crippen LogP contribution in [0.4, 0.5) is 0 Å². The topological polar surface area (TPSA) is 82.5 Å². The average Bonchev–Trinajstić information content (AvgIpc) is 3.30. The van der Waals surface area contributed by atoms with E-state index in [0.29, 0.717) is 30.2 Å². The molecule has 162 valence electrons. The number of hydrogen-bond donors (Lipinski definition) is 0. The van der Waals surface area contributed by atoms with Crippen molar-refractivity contribution in [3.8, 4) is 17.1 Å². The van der Waals surface area contributed by atoms with Gasteiger partial charge in [-0.2, -0.15) is 9.98 Å². The van der Waals surface area contributed by atoms with Gasteiger partial charge in [0.2, 0.25) is 17.6 Å². The van der Waals surface area contributed by atoms with Crippen LogP contribution in [-0.4, -0.2) is 27.7 Å². The summed E-state index contributed by atoms with van der Waals surface area (Å²) in [6, 6.07) is 21.3. The predicted octanol–water partition coefficient (Wildman–Crippen LogP) is 3.96. The standard InChI is InChI=1S/C25H24N4O3/c1-18-6-8-19(9-7-18)17-29-16-4-3-5-22(29)26-23(30)14-15-24-27-25(28-32-24)20-10-12-21(31-2)13-11-20/h3-13,16H,14-15,17H2,1-2H3. The average molecular weight is 428 g/mol. The number of aryl methyl sites for hydroxylation is 2. The number of rotatable bonds is 7. The Morgan fingerprint density at radius 1 is 1.06 bits per heavy atom. The van der Waals surface area contributed by atoms with E-state index in [4.69, 9.17) is 9.26 Å². The molecule has 0 aliphatic carbocycles. The summed E-state index contributed by atoms with van der Waals surface area (Å²) in [6.07, 6.45) is 2.44. The van der Waals surface area contributed by atoms with Gasteiger partial charge < -0.3 is 13.8 Å². The summed E-state index contributed by atoms with van der Waals surface area (Å²) in [7, 11) is 1.61. The Morgan fingerprint density at radius 3 is 2.59 bits per heavy atom. The van der Waals surface area contributed by atoms with Crippen molar-refractivity contribution in [2.24, 2.45) is 4.99 Å². The van der Waals surface area contributed by atoms with Crippen LogP contribution in [0.5, 0.6) is 5.75 Å². The molecule has 0 atom stereocenters. The molecule has 7 heteroatoms. The Kier molecular flexibility index (Phi) is 6.55. The van der Waals surface area contributed by atoms with Crippen molar-refractivity contribution in [3.05, 3.63) is 95.4 Å². The summed E-state index contributed by atoms with van der Waals surface area (Å²) in [5.41, 5.74) is 3.79. The molecular weight excluding hydrogens is 404 g/mol. The maximum absolute atomic E-state index is 12.5. The number of ether oxygens (including phenoxy) is 1. The summed E-state index contributed by atoms with van der Waals surface area (Å²) in [6.45, 7) is 2.70. The lowest BCUT2D eigenvalue weighted by atomic mass is 10.1. The van der Waals surface area contributed by atoms with E-state index in [1.165, 1.54) is 5.56 Å². The van der Waals surface area contributed by atoms with Gasteiger partial charge in [-0.05, 0) is 48.9 Å². The Labute approximate surface area is 186 Å². The van der Waals surface area contributed by atoms with Crippen LogP contribution in [-0.2, 0) is 17.8 Å². The normalized spacial score (nSPS) is 11.5. The Hall–Kier alpha value is -4.00. The van der Waals surface area contributed by atoms with E-state index < -0.39 is 0 Å². The van der Waals surface area contributed by atoms with Gasteiger partial charge in [0.25, 0.3) is 0 Å². The molecule has 0 N–H and O–H groups in total. The minimum atomic E-state index is -0.238. The van der Waals surface area contributed by atoms with Crippen LogP contribution in [0.15, 0.2) is 82.4 Å². The fourth-order valence-corrected chi connectivity index (χ4v) is 3.20. The van der Waals surface area contributed by atoms with Gasteiger partial charge in [0, 0.05) is 31.1 Å². The molecule has 0 unspecified atom stereocenters. The van der Waals surface area contributed by atoms with Gasteiger partial charge in [0.1, 0.15) is 11.2 Å². The van der Waals surface area contributed by atoms with Crippen molar-refractivity contribution in [1.29, 1.82) is 0 Å². The highest BCUT2D eigenvalue weighted by molar-refractivity contribution is 5.76. The number of amides is 1. The van der Waals surface area contributed by atoms with E-state index >= 15 is 0 Å². The highest BCUT2D eigenvalue weighted by Crippen LogP contribution is 2.20. The predicted molar refractivity (Wildman–Crippen MR) is 120 cm³/mol. The third-order valence-electron chi connectivity index (χ3n) is 5.00. The first-order valence-electron chi connectivity index (χ1n) is 10.4. The van der Waals surface area contributed by atoms with Crippen LogP contribution in [0, 0.1) is 6.92 Å². The van der Waals surface area contributed by atoms with E-state index in [-0.39, 0.29) is 12.3 Å². The smallest absolute Gasteiger partial charge is 0.248 e. The van der Waals surface area contributed by atoms with Gasteiger partial charge in [0.15, 0.2) is 0 Å². The molecule has 0 aliphatic heterocycles. The van der Waals surface area contributed by atoms with Crippen molar-refractivity contribution in [2.75, 3.05) is 7.11 Å². The third kappa shape index (κ3) is 5.37. The van der Waals surface area contributed by atoms with Gasteiger partial charge in [-0.3, -0.25) is 4.79 Å². The second-order valence-electron chi connectivity index (χ2n) is 7.42. The largest absolute Gasteiger partial charge is 0.497 e. The van der Waals surface area contributed by atoms with Crippen molar-refractivity contribution in [1.82, 2.24) is 14.7 Å². The summed E-state index contributed by atoms with van der Waals surface area (Å²) in [5.74, 6) is 1.40. The van der Waals surface area contributed by atoms with Gasteiger partial charge in [0.05, 0.1) is 7.11 Å². The molecule has 1 amide bonds. The molecule has 0 saturated carbocycles. The number of carbonyl (C=O) groups is 1. The molecule has 32 heavy (non-hydrogen) atoms. The number of pyridine rings is 1. The summed E-state index contributed by atoms with van der Waals surface area (Å²) in [5, 5.41) is 4.00. The molecule has 0 radical (unpaired) electrons. The van der Waals surface area contributed by atoms with Crippen LogP contribution < -0.4 is 10.2 Å². The van der Waals surface area contributed by atoms with Crippen LogP contribution in [0.2, 0.25) is 0 Å². The molecule has 2 aromatic heterocycles. The maximum Gasteiger partial charge on any atom is 0.248 e. The molecule has 0 aliphatic rings. The van der Waals surface area contributed by atoms with E-state index in [9.17, 15) is 4.79 Å². The summed E-state index contributed by atoms with van der Waals surface area (Å²) in [4.78, 5) is 21.2. The minimum absolute atomic E-state index is 0.184. The second-order valence-corrected chi connectivity index (χ2v) is 7.42. The molecular formula is C25H24N4O3. The lowest BCUT2D eigenvalue weighted by Crippen LogP contribution is -2.22. The molecule has 0 spiro atoms. The van der Waals surface area contributed by atoms with E-state index in [2.05, 4.69) is 46.3 Å². The van der Waals surface area contributed by atoms with Crippen LogP contribution in [0.1, 0.15) is 23.4 Å². The summed E-state index contributed by atoms with van der Waals surface area (Å²) >= 11 is 0. The summed E-state index contributed by atoms with van der Waals surface area (Å²) < 4.78 is 12.4. The van der Waals surface area contributed by atoms with Crippen molar-refractivity contribution in [3.63, 3.8) is 0 Å². The first-order chi connectivity index (χ1) is 15.6. The molecule has 4 rings (SSSR count). The fourth-order valence-electron chi connectivity index (χ4n) is 3.20. The van der Waals surface area contributed by atoms with E-state index in [1.807, 2.05) is 53.2 Å². The van der Waals surface area contributed by atoms with E-state index in [0.717, 1.165) is 16.9 Å². The highest BCUT2D eigenvalue weighted by atomic mass is 16.5. The van der Waals surface area contributed by atoms with Crippen molar-refractivity contribution >= 4 is 5.91 Å². The number of nitrogens with zero attached hydrogens (tertiary/aromatic N) is 4. The number of benzene rings is 2. The van der Waals surface area contributed by atoms with E-state index in [1.54, 1.807) is 7.11 Å². The Morgan fingerprint density at radius 2 is 1.84 bits per heavy atom. The molecule has 0 fully saturated rings. The first kappa shape index (κ1) is 21.2. The third-order valence-corrected chi connectivity index (χ3v) is 5.00. The zero-order chi connectivity index (χ0) is 22.3. The zero-order valence-electron chi connectivity index (χ0n) is 18.1. The van der Waals surface area contributed by atoms with Crippen molar-refractivity contribution in [2.45, 2.75) is 26.3 Å². The SMILES string of the molecule is COc1ccc(-c2noc(CCC(=O)N=c3ccccn3Cc3ccc(C)cc3)n2)cc1. The van der Waals surface area contributed by atoms with Crippen LogP contribution >= 0.6 is 0 Å². The molecule has 7 nitrogen and oxygen atoms in total. The monoisotopic (exact) mass is 428 g/mol. The maximum atomic E-state index is 12.5. The lowest BCUT2D eigenvalue weighted by molar-refractivity contribution is -0.118. The molecule has 2 heterocycles. The Bertz CT molecular complexity index is 1260. The quantitative estimate of drug-likeness (QED) is 0.445. The zero-order valence-corrected chi connectivity index (χ0v) is 18.1. The number of methoxy groups -OCH3 is 1. The Balaban J connectivity index is 1.42.